The molecule has 1 N–H and O–H groups in total. The van der Waals surface area contributed by atoms with Crippen LogP contribution in [0.4, 0.5) is 10.1 Å². The van der Waals surface area contributed by atoms with Crippen LogP contribution in [0.15, 0.2) is 24.3 Å². The maximum Gasteiger partial charge on any atom is 0.242 e. The number of halogens is 1. The van der Waals surface area contributed by atoms with Gasteiger partial charge in [0.2, 0.25) is 11.8 Å². The van der Waals surface area contributed by atoms with Crippen LogP contribution in [0.1, 0.15) is 12.8 Å². The van der Waals surface area contributed by atoms with Gasteiger partial charge in [0.1, 0.15) is 5.82 Å². The van der Waals surface area contributed by atoms with Crippen LogP contribution in [-0.4, -0.2) is 49.4 Å². The van der Waals surface area contributed by atoms with Crippen molar-refractivity contribution in [1.29, 1.82) is 0 Å². The molecule has 1 aliphatic carbocycles. The van der Waals surface area contributed by atoms with Crippen LogP contribution >= 0.6 is 0 Å². The van der Waals surface area contributed by atoms with E-state index >= 15 is 0 Å². The molecule has 0 aromatic heterocycles. The van der Waals surface area contributed by atoms with E-state index in [9.17, 15) is 14.0 Å². The van der Waals surface area contributed by atoms with Crippen LogP contribution in [0.5, 0.6) is 0 Å². The number of hydrogen-bond acceptors (Lipinski definition) is 3. The van der Waals surface area contributed by atoms with E-state index in [0.717, 1.165) is 12.8 Å². The standard InChI is InChI=1S/C16H20FN3O2/c17-13-3-1-2-4-14(13)19-7-9-20(10-8-19)15(21)11-18-16(22)12-5-6-12/h1-4,12H,5-11H2,(H,18,22). The van der Waals surface area contributed by atoms with E-state index < -0.39 is 0 Å². The highest BCUT2D eigenvalue weighted by molar-refractivity contribution is 5.87. The molecular weight excluding hydrogens is 285 g/mol. The van der Waals surface area contributed by atoms with Gasteiger partial charge in [0.15, 0.2) is 0 Å². The van der Waals surface area contributed by atoms with Gasteiger partial charge < -0.3 is 15.1 Å². The number of carbonyl (C=O) groups excluding carboxylic acids is 2. The number of nitrogens with one attached hydrogen (secondary N) is 1. The van der Waals surface area contributed by atoms with E-state index in [0.29, 0.717) is 31.9 Å². The average molecular weight is 305 g/mol. The third-order valence-electron chi connectivity index (χ3n) is 4.19. The Hall–Kier alpha value is -2.11. The monoisotopic (exact) mass is 305 g/mol. The van der Waals surface area contributed by atoms with Gasteiger partial charge >= 0.3 is 0 Å². The molecule has 2 aliphatic rings. The summed E-state index contributed by atoms with van der Waals surface area (Å²) in [4.78, 5) is 27.3. The van der Waals surface area contributed by atoms with Gasteiger partial charge in [-0.15, -0.1) is 0 Å². The number of benzene rings is 1. The predicted molar refractivity (Wildman–Crippen MR) is 80.9 cm³/mol. The van der Waals surface area contributed by atoms with Gasteiger partial charge in [-0.3, -0.25) is 9.59 Å². The summed E-state index contributed by atoms with van der Waals surface area (Å²) in [7, 11) is 0. The number of hydrogen-bond donors (Lipinski definition) is 1. The molecule has 0 bridgehead atoms. The minimum absolute atomic E-state index is 0.0154. The molecule has 0 radical (unpaired) electrons. The summed E-state index contributed by atoms with van der Waals surface area (Å²) < 4.78 is 13.8. The molecule has 0 spiro atoms. The molecule has 1 saturated heterocycles. The lowest BCUT2D eigenvalue weighted by atomic mass is 10.2. The summed E-state index contributed by atoms with van der Waals surface area (Å²) in [6, 6.07) is 6.67. The lowest BCUT2D eigenvalue weighted by molar-refractivity contribution is -0.133. The molecule has 3 rings (SSSR count). The minimum atomic E-state index is -0.237. The Balaban J connectivity index is 1.47. The summed E-state index contributed by atoms with van der Waals surface area (Å²) >= 11 is 0. The molecule has 1 aliphatic heterocycles. The van der Waals surface area contributed by atoms with Crippen molar-refractivity contribution in [2.45, 2.75) is 12.8 Å². The van der Waals surface area contributed by atoms with Crippen LogP contribution < -0.4 is 10.2 Å². The molecule has 2 amide bonds. The third kappa shape index (κ3) is 3.37. The van der Waals surface area contributed by atoms with Gasteiger partial charge in [-0.25, -0.2) is 4.39 Å². The molecule has 22 heavy (non-hydrogen) atoms. The fourth-order valence-electron chi connectivity index (χ4n) is 2.67. The normalized spacial score (nSPS) is 18.2. The largest absolute Gasteiger partial charge is 0.366 e. The van der Waals surface area contributed by atoms with Gasteiger partial charge in [-0.1, -0.05) is 12.1 Å². The van der Waals surface area contributed by atoms with E-state index in [-0.39, 0.29) is 30.1 Å². The molecule has 5 nitrogen and oxygen atoms in total. The Kier molecular flexibility index (Phi) is 4.27. The first-order valence-corrected chi connectivity index (χ1v) is 7.70. The third-order valence-corrected chi connectivity index (χ3v) is 4.19. The van der Waals surface area contributed by atoms with Crippen molar-refractivity contribution in [1.82, 2.24) is 10.2 Å². The second-order valence-electron chi connectivity index (χ2n) is 5.81. The number of nitrogens with zero attached hydrogens (tertiary/aromatic N) is 2. The van der Waals surface area contributed by atoms with E-state index in [1.54, 1.807) is 17.0 Å². The Labute approximate surface area is 129 Å². The fraction of sp³-hybridized carbons (Fsp3) is 0.500. The number of para-hydroxylation sites is 1. The van der Waals surface area contributed by atoms with Gasteiger partial charge in [0.25, 0.3) is 0 Å². The zero-order valence-corrected chi connectivity index (χ0v) is 12.4. The van der Waals surface area contributed by atoms with Crippen molar-refractivity contribution in [3.05, 3.63) is 30.1 Å². The molecule has 1 aromatic rings. The molecule has 1 heterocycles. The quantitative estimate of drug-likeness (QED) is 0.903. The van der Waals surface area contributed by atoms with Crippen molar-refractivity contribution in [3.63, 3.8) is 0 Å². The zero-order valence-electron chi connectivity index (χ0n) is 12.4. The molecule has 0 unspecified atom stereocenters. The van der Waals surface area contributed by atoms with Gasteiger partial charge in [0.05, 0.1) is 12.2 Å². The fourth-order valence-corrected chi connectivity index (χ4v) is 2.67. The first-order valence-electron chi connectivity index (χ1n) is 7.70. The van der Waals surface area contributed by atoms with Crippen LogP contribution in [0, 0.1) is 11.7 Å². The predicted octanol–water partition coefficient (Wildman–Crippen LogP) is 1.00. The minimum Gasteiger partial charge on any atom is -0.366 e. The van der Waals surface area contributed by atoms with Crippen LogP contribution in [0.2, 0.25) is 0 Å². The zero-order chi connectivity index (χ0) is 15.5. The van der Waals surface area contributed by atoms with Crippen LogP contribution in [0.25, 0.3) is 0 Å². The van der Waals surface area contributed by atoms with Gasteiger partial charge in [-0.2, -0.15) is 0 Å². The lowest BCUT2D eigenvalue weighted by Gasteiger charge is -2.36. The summed E-state index contributed by atoms with van der Waals surface area (Å²) in [5.74, 6) is -0.204. The van der Waals surface area contributed by atoms with Gasteiger partial charge in [-0.05, 0) is 25.0 Å². The highest BCUT2D eigenvalue weighted by Gasteiger charge is 2.30. The lowest BCUT2D eigenvalue weighted by Crippen LogP contribution is -2.51. The number of amides is 2. The Morgan fingerprint density at radius 1 is 1.14 bits per heavy atom. The first kappa shape index (κ1) is 14.8. The Bertz CT molecular complexity index is 566. The number of anilines is 1. The van der Waals surface area contributed by atoms with Crippen LogP contribution in [0.3, 0.4) is 0 Å². The molecule has 1 saturated carbocycles. The van der Waals surface area contributed by atoms with E-state index in [2.05, 4.69) is 5.32 Å². The second-order valence-corrected chi connectivity index (χ2v) is 5.81. The summed E-state index contributed by atoms with van der Waals surface area (Å²) in [6.45, 7) is 2.36. The summed E-state index contributed by atoms with van der Waals surface area (Å²) in [5.41, 5.74) is 0.580. The molecule has 6 heteroatoms. The maximum absolute atomic E-state index is 13.8. The highest BCUT2D eigenvalue weighted by Crippen LogP contribution is 2.28. The summed E-state index contributed by atoms with van der Waals surface area (Å²) in [5, 5.41) is 2.69. The molecule has 1 aromatic carbocycles. The number of piperazine rings is 1. The van der Waals surface area contributed by atoms with Crippen molar-refractivity contribution in [3.8, 4) is 0 Å². The van der Waals surface area contributed by atoms with Gasteiger partial charge in [0, 0.05) is 32.1 Å². The Morgan fingerprint density at radius 3 is 2.45 bits per heavy atom. The highest BCUT2D eigenvalue weighted by atomic mass is 19.1. The molecule has 2 fully saturated rings. The van der Waals surface area contributed by atoms with E-state index in [1.807, 2.05) is 11.0 Å². The second kappa shape index (κ2) is 6.34. The van der Waals surface area contributed by atoms with Crippen molar-refractivity contribution in [2.75, 3.05) is 37.6 Å². The molecular formula is C16H20FN3O2. The number of carbonyl (C=O) groups is 2. The summed E-state index contributed by atoms with van der Waals surface area (Å²) in [6.07, 6.45) is 1.86. The van der Waals surface area contributed by atoms with E-state index in [1.165, 1.54) is 6.07 Å². The Morgan fingerprint density at radius 2 is 1.82 bits per heavy atom. The van der Waals surface area contributed by atoms with Crippen LogP contribution in [-0.2, 0) is 9.59 Å². The number of rotatable bonds is 4. The van der Waals surface area contributed by atoms with Crippen molar-refractivity contribution >= 4 is 17.5 Å². The van der Waals surface area contributed by atoms with Crippen molar-refractivity contribution in [2.24, 2.45) is 5.92 Å². The SMILES string of the molecule is O=C(NCC(=O)N1CCN(c2ccccc2F)CC1)C1CC1. The molecule has 0 atom stereocenters. The smallest absolute Gasteiger partial charge is 0.242 e. The van der Waals surface area contributed by atoms with Crippen molar-refractivity contribution < 1.29 is 14.0 Å². The van der Waals surface area contributed by atoms with E-state index in [4.69, 9.17) is 0 Å². The topological polar surface area (TPSA) is 52.7 Å². The molecule has 118 valence electrons. The first-order chi connectivity index (χ1) is 10.6. The average Bonchev–Trinajstić information content (AvgIpc) is 3.38. The maximum atomic E-state index is 13.8.